The molecule has 26 heavy (non-hydrogen) atoms. The Labute approximate surface area is 154 Å². The molecule has 3 heteroatoms. The Bertz CT molecular complexity index is 919. The number of carbonyl (C=O) groups excluding carboxylic acids is 1. The van der Waals surface area contributed by atoms with Crippen LogP contribution in [-0.2, 0) is 4.79 Å². The zero-order chi connectivity index (χ0) is 18.7. The lowest BCUT2D eigenvalue weighted by Crippen LogP contribution is -2.27. The minimum Gasteiger partial charge on any atom is -0.389 e. The van der Waals surface area contributed by atoms with Gasteiger partial charge >= 0.3 is 0 Å². The fourth-order valence-electron chi connectivity index (χ4n) is 3.50. The summed E-state index contributed by atoms with van der Waals surface area (Å²) in [5.41, 5.74) is 3.84. The number of para-hydroxylation sites is 1. The first-order valence-electron chi connectivity index (χ1n) is 9.01. The van der Waals surface area contributed by atoms with Gasteiger partial charge in [0.15, 0.2) is 5.78 Å². The first-order valence-corrected chi connectivity index (χ1v) is 9.01. The molecular formula is C23H25NO2. The quantitative estimate of drug-likeness (QED) is 0.803. The van der Waals surface area contributed by atoms with Gasteiger partial charge < -0.3 is 5.11 Å². The van der Waals surface area contributed by atoms with Crippen molar-refractivity contribution in [2.45, 2.75) is 39.7 Å². The minimum atomic E-state index is -0.406. The van der Waals surface area contributed by atoms with E-state index in [1.54, 1.807) is 24.4 Å². The van der Waals surface area contributed by atoms with Crippen LogP contribution in [0.4, 0.5) is 0 Å². The lowest BCUT2D eigenvalue weighted by atomic mass is 9.71. The van der Waals surface area contributed by atoms with Crippen LogP contribution in [0.3, 0.4) is 0 Å². The summed E-state index contributed by atoms with van der Waals surface area (Å²) in [4.78, 5) is 16.6. The van der Waals surface area contributed by atoms with E-state index in [1.165, 1.54) is 0 Å². The number of hydrogen-bond acceptors (Lipinski definition) is 3. The monoisotopic (exact) mass is 347 g/mol. The maximum atomic E-state index is 12.2. The second-order valence-electron chi connectivity index (χ2n) is 7.57. The first kappa shape index (κ1) is 18.3. The number of aliphatic hydroxyl groups excluding tert-OH is 1. The molecule has 1 aliphatic carbocycles. The molecule has 0 saturated heterocycles. The molecule has 1 unspecified atom stereocenters. The number of pyridine rings is 1. The number of aromatic nitrogens is 1. The van der Waals surface area contributed by atoms with Crippen molar-refractivity contribution in [2.75, 3.05) is 0 Å². The molecule has 0 amide bonds. The van der Waals surface area contributed by atoms with E-state index in [-0.39, 0.29) is 11.2 Å². The predicted molar refractivity (Wildman–Crippen MR) is 107 cm³/mol. The number of allylic oxidation sites excluding steroid dienone is 4. The molecule has 3 rings (SSSR count). The summed E-state index contributed by atoms with van der Waals surface area (Å²) in [6.07, 6.45) is 9.85. The number of benzene rings is 1. The second kappa shape index (κ2) is 7.38. The van der Waals surface area contributed by atoms with E-state index < -0.39 is 6.10 Å². The van der Waals surface area contributed by atoms with Gasteiger partial charge in [-0.05, 0) is 72.3 Å². The van der Waals surface area contributed by atoms with Gasteiger partial charge in [-0.15, -0.1) is 0 Å². The third kappa shape index (κ3) is 4.00. The van der Waals surface area contributed by atoms with Gasteiger partial charge in [0.05, 0.1) is 11.6 Å². The molecule has 0 spiro atoms. The Morgan fingerprint density at radius 1 is 1.23 bits per heavy atom. The molecule has 1 heterocycles. The molecular weight excluding hydrogens is 322 g/mol. The fourth-order valence-corrected chi connectivity index (χ4v) is 3.50. The number of ketones is 1. The summed E-state index contributed by atoms with van der Waals surface area (Å²) >= 11 is 0. The molecule has 1 aliphatic rings. The Kier molecular flexibility index (Phi) is 5.19. The molecule has 0 radical (unpaired) electrons. The molecule has 2 aromatic rings. The van der Waals surface area contributed by atoms with E-state index in [1.807, 2.05) is 43.3 Å². The van der Waals surface area contributed by atoms with Crippen LogP contribution in [0.5, 0.6) is 0 Å². The van der Waals surface area contributed by atoms with Gasteiger partial charge in [0, 0.05) is 11.6 Å². The molecule has 1 N–H and O–H groups in total. The van der Waals surface area contributed by atoms with Crippen LogP contribution in [0.15, 0.2) is 65.9 Å². The Morgan fingerprint density at radius 3 is 2.77 bits per heavy atom. The average molecular weight is 347 g/mol. The van der Waals surface area contributed by atoms with Crippen LogP contribution in [0.1, 0.15) is 39.2 Å². The topological polar surface area (TPSA) is 50.2 Å². The van der Waals surface area contributed by atoms with Crippen molar-refractivity contribution in [1.29, 1.82) is 0 Å². The number of fused-ring (bicyclic) bond motifs is 1. The van der Waals surface area contributed by atoms with Gasteiger partial charge in [-0.1, -0.05) is 38.1 Å². The number of hydrogen-bond donors (Lipinski definition) is 1. The Morgan fingerprint density at radius 2 is 1.96 bits per heavy atom. The summed E-state index contributed by atoms with van der Waals surface area (Å²) in [5.74, 6) is -0.0747. The average Bonchev–Trinajstić information content (AvgIpc) is 2.63. The first-order chi connectivity index (χ1) is 12.4. The molecule has 1 aromatic heterocycles. The van der Waals surface area contributed by atoms with Gasteiger partial charge in [-0.2, -0.15) is 0 Å². The van der Waals surface area contributed by atoms with E-state index >= 15 is 0 Å². The second-order valence-corrected chi connectivity index (χ2v) is 7.57. The van der Waals surface area contributed by atoms with Crippen molar-refractivity contribution in [3.8, 4) is 0 Å². The standard InChI is InChI=1S/C23H25NO2/c1-16-20(23(2,3)13-12-22(16)26)11-10-19(25)9-8-17-14-18-6-4-5-7-21(18)24-15-17/h4-11,14-15,22,26H,12-13H2,1-3H3. The van der Waals surface area contributed by atoms with Crippen molar-refractivity contribution in [1.82, 2.24) is 4.98 Å². The summed E-state index contributed by atoms with van der Waals surface area (Å²) < 4.78 is 0. The molecule has 134 valence electrons. The van der Waals surface area contributed by atoms with Gasteiger partial charge in [-0.3, -0.25) is 9.78 Å². The molecule has 1 aromatic carbocycles. The van der Waals surface area contributed by atoms with Crippen molar-refractivity contribution < 1.29 is 9.90 Å². The SMILES string of the molecule is CC1=C(C=CC(=O)C=Cc2cnc3ccccc3c2)C(C)(C)CCC1O. The maximum absolute atomic E-state index is 12.2. The Balaban J connectivity index is 1.76. The smallest absolute Gasteiger partial charge is 0.178 e. The normalized spacial score (nSPS) is 20.4. The van der Waals surface area contributed by atoms with Crippen LogP contribution < -0.4 is 0 Å². The largest absolute Gasteiger partial charge is 0.389 e. The lowest BCUT2D eigenvalue weighted by molar-refractivity contribution is -0.110. The van der Waals surface area contributed by atoms with Crippen LogP contribution in [-0.4, -0.2) is 22.0 Å². The van der Waals surface area contributed by atoms with Gasteiger partial charge in [0.2, 0.25) is 0 Å². The van der Waals surface area contributed by atoms with Crippen LogP contribution in [0.2, 0.25) is 0 Å². The van der Waals surface area contributed by atoms with E-state index in [9.17, 15) is 9.90 Å². The summed E-state index contributed by atoms with van der Waals surface area (Å²) in [6, 6.07) is 9.92. The minimum absolute atomic E-state index is 0.0218. The van der Waals surface area contributed by atoms with Gasteiger partial charge in [0.25, 0.3) is 0 Å². The number of carbonyl (C=O) groups is 1. The molecule has 0 saturated carbocycles. The van der Waals surface area contributed by atoms with Crippen molar-refractivity contribution in [3.63, 3.8) is 0 Å². The summed E-state index contributed by atoms with van der Waals surface area (Å²) in [5, 5.41) is 11.1. The van der Waals surface area contributed by atoms with Crippen LogP contribution >= 0.6 is 0 Å². The third-order valence-corrected chi connectivity index (χ3v) is 5.16. The van der Waals surface area contributed by atoms with Crippen molar-refractivity contribution in [3.05, 3.63) is 71.5 Å². The van der Waals surface area contributed by atoms with Gasteiger partial charge in [0.1, 0.15) is 0 Å². The van der Waals surface area contributed by atoms with Crippen LogP contribution in [0.25, 0.3) is 17.0 Å². The van der Waals surface area contributed by atoms with E-state index in [2.05, 4.69) is 18.8 Å². The van der Waals surface area contributed by atoms with Crippen molar-refractivity contribution in [2.24, 2.45) is 5.41 Å². The lowest BCUT2D eigenvalue weighted by Gasteiger charge is -2.35. The van der Waals surface area contributed by atoms with E-state index in [4.69, 9.17) is 0 Å². The Hall–Kier alpha value is -2.52. The molecule has 1 atom stereocenters. The zero-order valence-electron chi connectivity index (χ0n) is 15.6. The highest BCUT2D eigenvalue weighted by Crippen LogP contribution is 2.40. The van der Waals surface area contributed by atoms with E-state index in [0.717, 1.165) is 40.5 Å². The van der Waals surface area contributed by atoms with Crippen LogP contribution in [0, 0.1) is 5.41 Å². The van der Waals surface area contributed by atoms with Crippen molar-refractivity contribution >= 4 is 22.8 Å². The maximum Gasteiger partial charge on any atom is 0.178 e. The molecule has 0 aliphatic heterocycles. The molecule has 3 nitrogen and oxygen atoms in total. The highest BCUT2D eigenvalue weighted by molar-refractivity contribution is 6.02. The number of aliphatic hydroxyl groups is 1. The summed E-state index contributed by atoms with van der Waals surface area (Å²) in [7, 11) is 0. The molecule has 0 bridgehead atoms. The predicted octanol–water partition coefficient (Wildman–Crippen LogP) is 4.87. The number of rotatable bonds is 4. The van der Waals surface area contributed by atoms with E-state index in [0.29, 0.717) is 0 Å². The van der Waals surface area contributed by atoms with Gasteiger partial charge in [-0.25, -0.2) is 0 Å². The third-order valence-electron chi connectivity index (χ3n) is 5.16. The highest BCUT2D eigenvalue weighted by Gasteiger charge is 2.30. The fraction of sp³-hybridized carbons (Fsp3) is 0.304. The molecule has 0 fully saturated rings. The number of nitrogens with zero attached hydrogens (tertiary/aromatic N) is 1. The summed E-state index contributed by atoms with van der Waals surface area (Å²) in [6.45, 7) is 6.26. The highest BCUT2D eigenvalue weighted by atomic mass is 16.3. The zero-order valence-corrected chi connectivity index (χ0v) is 15.6.